The Labute approximate surface area is 158 Å². The summed E-state index contributed by atoms with van der Waals surface area (Å²) in [6.45, 7) is 5.99. The molecule has 0 saturated carbocycles. The van der Waals surface area contributed by atoms with Crippen LogP contribution in [0.5, 0.6) is 0 Å². The van der Waals surface area contributed by atoms with Crippen molar-refractivity contribution < 1.29 is 9.59 Å². The van der Waals surface area contributed by atoms with Crippen molar-refractivity contribution in [2.75, 3.05) is 27.0 Å². The molecule has 0 N–H and O–H groups in total. The van der Waals surface area contributed by atoms with Crippen LogP contribution >= 0.6 is 11.8 Å². The average molecular weight is 377 g/mol. The van der Waals surface area contributed by atoms with E-state index in [2.05, 4.69) is 10.1 Å². The SMILES string of the molecule is CN(C)C(=O)n1nc(C(C)(C)C)nc1SC[N+](C)(C=O)c1ccccc1. The van der Waals surface area contributed by atoms with E-state index in [-0.39, 0.29) is 15.9 Å². The minimum absolute atomic E-state index is 0.0688. The minimum atomic E-state index is -0.282. The maximum Gasteiger partial charge on any atom is 0.346 e. The van der Waals surface area contributed by atoms with Crippen LogP contribution in [0.15, 0.2) is 35.5 Å². The van der Waals surface area contributed by atoms with E-state index in [1.807, 2.05) is 58.2 Å². The third-order valence-electron chi connectivity index (χ3n) is 3.85. The molecule has 2 aromatic rings. The summed E-state index contributed by atoms with van der Waals surface area (Å²) < 4.78 is 1.38. The van der Waals surface area contributed by atoms with Crippen LogP contribution in [0.25, 0.3) is 0 Å². The van der Waals surface area contributed by atoms with Crippen LogP contribution < -0.4 is 4.48 Å². The molecule has 2 rings (SSSR count). The summed E-state index contributed by atoms with van der Waals surface area (Å²) in [6, 6.07) is 9.26. The van der Waals surface area contributed by atoms with Gasteiger partial charge in [0.05, 0.1) is 7.05 Å². The summed E-state index contributed by atoms with van der Waals surface area (Å²) in [5.74, 6) is 0.992. The van der Waals surface area contributed by atoms with Crippen LogP contribution in [-0.4, -0.2) is 59.1 Å². The van der Waals surface area contributed by atoms with E-state index in [1.54, 1.807) is 14.1 Å². The van der Waals surface area contributed by atoms with E-state index in [0.29, 0.717) is 16.9 Å². The predicted octanol–water partition coefficient (Wildman–Crippen LogP) is 2.95. The van der Waals surface area contributed by atoms with Crippen molar-refractivity contribution in [2.45, 2.75) is 31.3 Å². The standard InChI is InChI=1S/C18H26N5O2S/c1-18(2,3)15-19-16(22(20-15)17(25)21(4)5)26-13-23(6,12-24)14-10-8-7-9-11-14/h7-12H,13H2,1-6H3/q+1. The van der Waals surface area contributed by atoms with Gasteiger partial charge in [-0.2, -0.15) is 4.68 Å². The normalized spacial score (nSPS) is 13.9. The molecular formula is C18H26N5O2S+. The summed E-state index contributed by atoms with van der Waals surface area (Å²) in [5, 5.41) is 4.88. The molecule has 0 aliphatic carbocycles. The van der Waals surface area contributed by atoms with Gasteiger partial charge in [-0.1, -0.05) is 39.0 Å². The largest absolute Gasteiger partial charge is 0.346 e. The number of quaternary nitrogens is 1. The summed E-state index contributed by atoms with van der Waals surface area (Å²) in [7, 11) is 5.17. The third-order valence-corrected chi connectivity index (χ3v) is 5.04. The van der Waals surface area contributed by atoms with Gasteiger partial charge in [-0.3, -0.25) is 0 Å². The van der Waals surface area contributed by atoms with Gasteiger partial charge < -0.3 is 4.90 Å². The number of para-hydroxylation sites is 1. The van der Waals surface area contributed by atoms with E-state index in [0.717, 1.165) is 12.1 Å². The molecule has 0 saturated heterocycles. The Bertz CT molecular complexity index is 783. The number of benzene rings is 1. The van der Waals surface area contributed by atoms with Gasteiger partial charge >= 0.3 is 12.4 Å². The average Bonchev–Trinajstić information content (AvgIpc) is 3.04. The lowest BCUT2D eigenvalue weighted by Crippen LogP contribution is -2.43. The molecule has 0 aliphatic rings. The molecular weight excluding hydrogens is 350 g/mol. The Morgan fingerprint density at radius 2 is 1.88 bits per heavy atom. The number of aromatic nitrogens is 3. The molecule has 0 aliphatic heterocycles. The summed E-state index contributed by atoms with van der Waals surface area (Å²) in [4.78, 5) is 30.3. The number of hydrogen-bond acceptors (Lipinski definition) is 5. The Morgan fingerprint density at radius 3 is 2.38 bits per heavy atom. The zero-order valence-electron chi connectivity index (χ0n) is 16.1. The van der Waals surface area contributed by atoms with Crippen molar-refractivity contribution in [1.29, 1.82) is 0 Å². The molecule has 0 bridgehead atoms. The van der Waals surface area contributed by atoms with E-state index in [1.165, 1.54) is 21.3 Å². The van der Waals surface area contributed by atoms with Crippen LogP contribution in [0.4, 0.5) is 10.5 Å². The van der Waals surface area contributed by atoms with Crippen LogP contribution in [0, 0.1) is 0 Å². The number of nitrogens with zero attached hydrogens (tertiary/aromatic N) is 5. The van der Waals surface area contributed by atoms with E-state index >= 15 is 0 Å². The molecule has 2 amide bonds. The van der Waals surface area contributed by atoms with E-state index in [4.69, 9.17) is 0 Å². The molecule has 1 aromatic carbocycles. The van der Waals surface area contributed by atoms with Gasteiger partial charge in [-0.05, 0) is 23.9 Å². The van der Waals surface area contributed by atoms with Gasteiger partial charge in [0.1, 0.15) is 11.6 Å². The number of rotatable bonds is 5. The summed E-state index contributed by atoms with van der Waals surface area (Å²) >= 11 is 1.34. The maximum atomic E-state index is 12.5. The third kappa shape index (κ3) is 4.31. The number of hydrogen-bond donors (Lipinski definition) is 0. The van der Waals surface area contributed by atoms with Crippen molar-refractivity contribution in [3.05, 3.63) is 36.2 Å². The first-order valence-electron chi connectivity index (χ1n) is 8.27. The predicted molar refractivity (Wildman–Crippen MR) is 104 cm³/mol. The number of carbonyl (C=O) groups is 2. The highest BCUT2D eigenvalue weighted by molar-refractivity contribution is 7.99. The Hall–Kier alpha value is -2.19. The molecule has 1 heterocycles. The highest BCUT2D eigenvalue weighted by Gasteiger charge is 2.29. The number of carbonyl (C=O) groups excluding carboxylic acids is 2. The first-order valence-corrected chi connectivity index (χ1v) is 9.26. The molecule has 1 aromatic heterocycles. The molecule has 7 nitrogen and oxygen atoms in total. The second kappa shape index (κ2) is 7.59. The van der Waals surface area contributed by atoms with Crippen LogP contribution in [0.1, 0.15) is 26.6 Å². The highest BCUT2D eigenvalue weighted by Crippen LogP contribution is 2.28. The van der Waals surface area contributed by atoms with E-state index < -0.39 is 0 Å². The maximum absolute atomic E-state index is 12.5. The fourth-order valence-electron chi connectivity index (χ4n) is 2.15. The molecule has 1 unspecified atom stereocenters. The quantitative estimate of drug-likeness (QED) is 0.347. The van der Waals surface area contributed by atoms with Gasteiger partial charge in [0, 0.05) is 19.5 Å². The van der Waals surface area contributed by atoms with Crippen molar-refractivity contribution in [2.24, 2.45) is 0 Å². The Balaban J connectivity index is 2.34. The smallest absolute Gasteiger partial charge is 0.329 e. The van der Waals surface area contributed by atoms with Crippen molar-refractivity contribution in [3.63, 3.8) is 0 Å². The van der Waals surface area contributed by atoms with Gasteiger partial charge in [0.25, 0.3) is 0 Å². The fraction of sp³-hybridized carbons (Fsp3) is 0.444. The second-order valence-corrected chi connectivity index (χ2v) is 8.45. The lowest BCUT2D eigenvalue weighted by Gasteiger charge is -2.25. The Kier molecular flexibility index (Phi) is 5.87. The van der Waals surface area contributed by atoms with Crippen LogP contribution in [0.3, 0.4) is 0 Å². The fourth-order valence-corrected chi connectivity index (χ4v) is 3.13. The molecule has 0 fully saturated rings. The molecule has 8 heteroatoms. The lowest BCUT2D eigenvalue weighted by molar-refractivity contribution is -0.115. The van der Waals surface area contributed by atoms with Gasteiger partial charge in [0.2, 0.25) is 5.16 Å². The lowest BCUT2D eigenvalue weighted by atomic mass is 9.96. The molecule has 26 heavy (non-hydrogen) atoms. The van der Waals surface area contributed by atoms with E-state index in [9.17, 15) is 9.59 Å². The monoisotopic (exact) mass is 376 g/mol. The van der Waals surface area contributed by atoms with Crippen molar-refractivity contribution >= 4 is 29.9 Å². The number of thioether (sulfide) groups is 1. The minimum Gasteiger partial charge on any atom is -0.329 e. The van der Waals surface area contributed by atoms with Crippen molar-refractivity contribution in [3.8, 4) is 0 Å². The molecule has 0 radical (unpaired) electrons. The molecule has 0 spiro atoms. The number of amides is 2. The first-order chi connectivity index (χ1) is 12.1. The zero-order valence-corrected chi connectivity index (χ0v) is 16.9. The second-order valence-electron chi connectivity index (χ2n) is 7.54. The summed E-state index contributed by atoms with van der Waals surface area (Å²) in [5.41, 5.74) is 0.589. The molecule has 1 atom stereocenters. The van der Waals surface area contributed by atoms with Crippen LogP contribution in [-0.2, 0) is 10.2 Å². The Morgan fingerprint density at radius 1 is 1.27 bits per heavy atom. The molecule has 140 valence electrons. The van der Waals surface area contributed by atoms with Gasteiger partial charge in [-0.15, -0.1) is 5.10 Å². The summed E-state index contributed by atoms with van der Waals surface area (Å²) in [6.07, 6.45) is 0.890. The first kappa shape index (κ1) is 20.1. The van der Waals surface area contributed by atoms with Gasteiger partial charge in [-0.25, -0.2) is 19.1 Å². The topological polar surface area (TPSA) is 68.1 Å². The van der Waals surface area contributed by atoms with Crippen LogP contribution in [0.2, 0.25) is 0 Å². The zero-order chi connectivity index (χ0) is 19.5. The van der Waals surface area contributed by atoms with Gasteiger partial charge in [0.15, 0.2) is 5.82 Å². The van der Waals surface area contributed by atoms with Crippen molar-refractivity contribution in [1.82, 2.24) is 24.1 Å². The highest BCUT2D eigenvalue weighted by atomic mass is 32.2.